The zero-order valence-electron chi connectivity index (χ0n) is 12.5. The molecule has 1 atom stereocenters. The Morgan fingerprint density at radius 2 is 1.41 bits per heavy atom. The van der Waals surface area contributed by atoms with E-state index in [0.29, 0.717) is 11.4 Å². The SMILES string of the molecule is COC(=O)[C@H](C)NC(=O)N(c1ccccc1)c1ccccc1. The summed E-state index contributed by atoms with van der Waals surface area (Å²) in [4.78, 5) is 25.6. The van der Waals surface area contributed by atoms with E-state index in [9.17, 15) is 9.59 Å². The molecule has 5 nitrogen and oxygen atoms in total. The van der Waals surface area contributed by atoms with Gasteiger partial charge in [-0.3, -0.25) is 4.90 Å². The van der Waals surface area contributed by atoms with E-state index in [1.54, 1.807) is 6.92 Å². The summed E-state index contributed by atoms with van der Waals surface area (Å²) < 4.78 is 4.63. The fraction of sp³-hybridized carbons (Fsp3) is 0.176. The molecule has 0 fully saturated rings. The Kier molecular flexibility index (Phi) is 5.14. The van der Waals surface area contributed by atoms with Crippen LogP contribution in [0.5, 0.6) is 0 Å². The van der Waals surface area contributed by atoms with Crippen molar-refractivity contribution in [2.45, 2.75) is 13.0 Å². The van der Waals surface area contributed by atoms with E-state index >= 15 is 0 Å². The molecule has 0 aromatic heterocycles. The molecule has 0 unspecified atom stereocenters. The average molecular weight is 298 g/mol. The predicted octanol–water partition coefficient (Wildman–Crippen LogP) is 3.10. The second-order valence-electron chi connectivity index (χ2n) is 4.70. The molecule has 2 amide bonds. The Hall–Kier alpha value is -2.82. The van der Waals surface area contributed by atoms with Gasteiger partial charge in [0, 0.05) is 0 Å². The molecule has 0 aliphatic heterocycles. The van der Waals surface area contributed by atoms with Gasteiger partial charge in [0.25, 0.3) is 0 Å². The molecule has 0 saturated carbocycles. The molecule has 0 saturated heterocycles. The summed E-state index contributed by atoms with van der Waals surface area (Å²) in [6.45, 7) is 1.58. The molecule has 2 aromatic rings. The number of benzene rings is 2. The van der Waals surface area contributed by atoms with Gasteiger partial charge in [0.05, 0.1) is 18.5 Å². The third-order valence-corrected chi connectivity index (χ3v) is 3.13. The number of hydrogen-bond donors (Lipinski definition) is 1. The van der Waals surface area contributed by atoms with Crippen LogP contribution < -0.4 is 10.2 Å². The predicted molar refractivity (Wildman–Crippen MR) is 85.0 cm³/mol. The van der Waals surface area contributed by atoms with Crippen LogP contribution in [0.2, 0.25) is 0 Å². The molecule has 0 radical (unpaired) electrons. The third-order valence-electron chi connectivity index (χ3n) is 3.13. The Morgan fingerprint density at radius 3 is 1.82 bits per heavy atom. The van der Waals surface area contributed by atoms with E-state index in [1.165, 1.54) is 12.0 Å². The van der Waals surface area contributed by atoms with Crippen molar-refractivity contribution in [1.29, 1.82) is 0 Å². The number of urea groups is 1. The minimum absolute atomic E-state index is 0.393. The number of nitrogens with zero attached hydrogens (tertiary/aromatic N) is 1. The van der Waals surface area contributed by atoms with Crippen molar-refractivity contribution in [3.8, 4) is 0 Å². The molecule has 0 heterocycles. The second kappa shape index (κ2) is 7.26. The van der Waals surface area contributed by atoms with Crippen LogP contribution in [0.3, 0.4) is 0 Å². The van der Waals surface area contributed by atoms with Gasteiger partial charge in [-0.15, -0.1) is 0 Å². The molecular weight excluding hydrogens is 280 g/mol. The van der Waals surface area contributed by atoms with E-state index in [-0.39, 0.29) is 0 Å². The van der Waals surface area contributed by atoms with Crippen LogP contribution in [0, 0.1) is 0 Å². The Morgan fingerprint density at radius 1 is 0.955 bits per heavy atom. The van der Waals surface area contributed by atoms with E-state index in [2.05, 4.69) is 10.1 Å². The maximum atomic E-state index is 12.6. The normalized spacial score (nSPS) is 11.4. The van der Waals surface area contributed by atoms with Crippen molar-refractivity contribution < 1.29 is 14.3 Å². The highest BCUT2D eigenvalue weighted by atomic mass is 16.5. The topological polar surface area (TPSA) is 58.6 Å². The number of amides is 2. The lowest BCUT2D eigenvalue weighted by Gasteiger charge is -2.24. The minimum Gasteiger partial charge on any atom is -0.467 e. The summed E-state index contributed by atoms with van der Waals surface area (Å²) in [7, 11) is 1.29. The molecule has 0 spiro atoms. The lowest BCUT2D eigenvalue weighted by molar-refractivity contribution is -0.142. The lowest BCUT2D eigenvalue weighted by Crippen LogP contribution is -2.45. The Labute approximate surface area is 129 Å². The second-order valence-corrected chi connectivity index (χ2v) is 4.70. The van der Waals surface area contributed by atoms with E-state index in [4.69, 9.17) is 0 Å². The first-order chi connectivity index (χ1) is 10.6. The zero-order valence-corrected chi connectivity index (χ0v) is 12.5. The van der Waals surface area contributed by atoms with Gasteiger partial charge in [0.15, 0.2) is 0 Å². The highest BCUT2D eigenvalue weighted by molar-refractivity contribution is 6.00. The van der Waals surface area contributed by atoms with Crippen molar-refractivity contribution in [3.63, 3.8) is 0 Å². The number of carbonyl (C=O) groups is 2. The summed E-state index contributed by atoms with van der Waals surface area (Å²) in [6.07, 6.45) is 0. The molecule has 2 aromatic carbocycles. The number of nitrogens with one attached hydrogen (secondary N) is 1. The van der Waals surface area contributed by atoms with Crippen LogP contribution in [0.25, 0.3) is 0 Å². The van der Waals surface area contributed by atoms with Crippen molar-refractivity contribution >= 4 is 23.4 Å². The number of hydrogen-bond acceptors (Lipinski definition) is 3. The van der Waals surface area contributed by atoms with Gasteiger partial charge < -0.3 is 10.1 Å². The highest BCUT2D eigenvalue weighted by Crippen LogP contribution is 2.24. The van der Waals surface area contributed by atoms with Crippen LogP contribution in [0.1, 0.15) is 6.92 Å². The summed E-state index contributed by atoms with van der Waals surface area (Å²) in [5, 5.41) is 2.64. The van der Waals surface area contributed by atoms with Gasteiger partial charge in [0.1, 0.15) is 6.04 Å². The lowest BCUT2D eigenvalue weighted by atomic mass is 10.2. The third kappa shape index (κ3) is 3.63. The van der Waals surface area contributed by atoms with Gasteiger partial charge in [-0.25, -0.2) is 9.59 Å². The molecule has 2 rings (SSSR count). The molecule has 22 heavy (non-hydrogen) atoms. The zero-order chi connectivity index (χ0) is 15.9. The minimum atomic E-state index is -0.729. The Bertz CT molecular complexity index is 589. The smallest absolute Gasteiger partial charge is 0.328 e. The maximum Gasteiger partial charge on any atom is 0.328 e. The number of rotatable bonds is 4. The van der Waals surface area contributed by atoms with Crippen LogP contribution in [0.4, 0.5) is 16.2 Å². The summed E-state index contributed by atoms with van der Waals surface area (Å²) in [6, 6.07) is 17.3. The standard InChI is InChI=1S/C17H18N2O3/c1-13(16(20)22-2)18-17(21)19(14-9-5-3-6-10-14)15-11-7-4-8-12-15/h3-13H,1-2H3,(H,18,21)/t13-/m0/s1. The first-order valence-electron chi connectivity index (χ1n) is 6.92. The van der Waals surface area contributed by atoms with Gasteiger partial charge >= 0.3 is 12.0 Å². The number of para-hydroxylation sites is 2. The van der Waals surface area contributed by atoms with Crippen LogP contribution in [-0.2, 0) is 9.53 Å². The van der Waals surface area contributed by atoms with Crippen LogP contribution in [0.15, 0.2) is 60.7 Å². The van der Waals surface area contributed by atoms with Gasteiger partial charge in [0.2, 0.25) is 0 Å². The van der Waals surface area contributed by atoms with Crippen molar-refractivity contribution in [1.82, 2.24) is 5.32 Å². The number of esters is 1. The summed E-state index contributed by atoms with van der Waals surface area (Å²) in [5.74, 6) is -0.491. The maximum absolute atomic E-state index is 12.6. The molecule has 5 heteroatoms. The fourth-order valence-corrected chi connectivity index (χ4v) is 2.02. The highest BCUT2D eigenvalue weighted by Gasteiger charge is 2.22. The summed E-state index contributed by atoms with van der Waals surface area (Å²) in [5.41, 5.74) is 1.42. The number of carbonyl (C=O) groups excluding carboxylic acids is 2. The largest absolute Gasteiger partial charge is 0.467 e. The van der Waals surface area contributed by atoms with E-state index < -0.39 is 18.0 Å². The van der Waals surface area contributed by atoms with Crippen LogP contribution in [-0.4, -0.2) is 25.2 Å². The Balaban J connectivity index is 2.29. The quantitative estimate of drug-likeness (QED) is 0.882. The average Bonchev–Trinajstić information content (AvgIpc) is 2.56. The fourth-order valence-electron chi connectivity index (χ4n) is 2.02. The summed E-state index contributed by atoms with van der Waals surface area (Å²) >= 11 is 0. The number of methoxy groups -OCH3 is 1. The number of ether oxygens (including phenoxy) is 1. The van der Waals surface area contributed by atoms with Gasteiger partial charge in [-0.1, -0.05) is 36.4 Å². The van der Waals surface area contributed by atoms with Gasteiger partial charge in [-0.05, 0) is 31.2 Å². The van der Waals surface area contributed by atoms with Crippen molar-refractivity contribution in [2.75, 3.05) is 12.0 Å². The molecule has 0 aliphatic carbocycles. The first kappa shape index (κ1) is 15.6. The van der Waals surface area contributed by atoms with Crippen molar-refractivity contribution in [3.05, 3.63) is 60.7 Å². The first-order valence-corrected chi connectivity index (χ1v) is 6.92. The molecule has 0 bridgehead atoms. The molecule has 1 N–H and O–H groups in total. The molecule has 0 aliphatic rings. The molecule has 114 valence electrons. The van der Waals surface area contributed by atoms with Gasteiger partial charge in [-0.2, -0.15) is 0 Å². The van der Waals surface area contributed by atoms with Crippen molar-refractivity contribution in [2.24, 2.45) is 0 Å². The molecular formula is C17H18N2O3. The number of anilines is 2. The van der Waals surface area contributed by atoms with Crippen LogP contribution >= 0.6 is 0 Å². The van der Waals surface area contributed by atoms with E-state index in [0.717, 1.165) is 0 Å². The monoisotopic (exact) mass is 298 g/mol. The van der Waals surface area contributed by atoms with E-state index in [1.807, 2.05) is 60.7 Å².